The van der Waals surface area contributed by atoms with Crippen LogP contribution in [-0.4, -0.2) is 32.8 Å². The molecule has 1 aliphatic rings. The third kappa shape index (κ3) is 4.33. The standard InChI is InChI=1S/C15H21NO3/c1-18-15(17)14-6-4-12(5-7-14)10-19-11-13-3-2-8-16-9-13/h4-7,13,16H,2-3,8-11H2,1H3. The number of nitrogens with one attached hydrogen (secondary N) is 1. The van der Waals surface area contributed by atoms with Crippen LogP contribution in [0.3, 0.4) is 0 Å². The van der Waals surface area contributed by atoms with E-state index < -0.39 is 0 Å². The summed E-state index contributed by atoms with van der Waals surface area (Å²) in [6, 6.07) is 7.36. The van der Waals surface area contributed by atoms with Gasteiger partial charge in [0.15, 0.2) is 0 Å². The first-order chi connectivity index (χ1) is 9.29. The lowest BCUT2D eigenvalue weighted by atomic mass is 10.0. The van der Waals surface area contributed by atoms with Crippen LogP contribution in [0.1, 0.15) is 28.8 Å². The largest absolute Gasteiger partial charge is 0.465 e. The molecule has 0 radical (unpaired) electrons. The van der Waals surface area contributed by atoms with Crippen molar-refractivity contribution in [2.24, 2.45) is 5.92 Å². The molecule has 1 aromatic rings. The summed E-state index contributed by atoms with van der Waals surface area (Å²) in [6.45, 7) is 3.58. The van der Waals surface area contributed by atoms with E-state index in [4.69, 9.17) is 4.74 Å². The number of carbonyl (C=O) groups excluding carboxylic acids is 1. The Morgan fingerprint density at radius 2 is 2.16 bits per heavy atom. The second-order valence-electron chi connectivity index (χ2n) is 4.92. The molecule has 104 valence electrons. The fourth-order valence-electron chi connectivity index (χ4n) is 2.26. The van der Waals surface area contributed by atoms with Gasteiger partial charge in [-0.25, -0.2) is 4.79 Å². The number of esters is 1. The average molecular weight is 263 g/mol. The Hall–Kier alpha value is -1.39. The second-order valence-corrected chi connectivity index (χ2v) is 4.92. The number of piperidine rings is 1. The highest BCUT2D eigenvalue weighted by molar-refractivity contribution is 5.89. The minimum atomic E-state index is -0.305. The Morgan fingerprint density at radius 3 is 2.79 bits per heavy atom. The minimum Gasteiger partial charge on any atom is -0.465 e. The molecule has 0 aromatic heterocycles. The van der Waals surface area contributed by atoms with Crippen LogP contribution in [0.25, 0.3) is 0 Å². The quantitative estimate of drug-likeness (QED) is 0.825. The zero-order valence-electron chi connectivity index (χ0n) is 11.4. The van der Waals surface area contributed by atoms with Gasteiger partial charge in [0.1, 0.15) is 0 Å². The SMILES string of the molecule is COC(=O)c1ccc(COCC2CCCNC2)cc1. The Bertz CT molecular complexity index is 396. The number of hydrogen-bond acceptors (Lipinski definition) is 4. The van der Waals surface area contributed by atoms with Crippen molar-refractivity contribution in [2.75, 3.05) is 26.8 Å². The Morgan fingerprint density at radius 1 is 1.37 bits per heavy atom. The van der Waals surface area contributed by atoms with Crippen LogP contribution >= 0.6 is 0 Å². The predicted molar refractivity (Wildman–Crippen MR) is 73.0 cm³/mol. The maximum atomic E-state index is 11.3. The molecule has 1 fully saturated rings. The van der Waals surface area contributed by atoms with Gasteiger partial charge in [0, 0.05) is 6.54 Å². The molecule has 0 saturated carbocycles. The van der Waals surface area contributed by atoms with Gasteiger partial charge >= 0.3 is 5.97 Å². The number of methoxy groups -OCH3 is 1. The van der Waals surface area contributed by atoms with Gasteiger partial charge in [-0.05, 0) is 43.0 Å². The maximum Gasteiger partial charge on any atom is 0.337 e. The minimum absolute atomic E-state index is 0.305. The normalized spacial score (nSPS) is 19.1. The number of hydrogen-bond donors (Lipinski definition) is 1. The molecule has 1 aliphatic heterocycles. The molecule has 2 rings (SSSR count). The van der Waals surface area contributed by atoms with Crippen LogP contribution in [0.5, 0.6) is 0 Å². The highest BCUT2D eigenvalue weighted by atomic mass is 16.5. The summed E-state index contributed by atoms with van der Waals surface area (Å²) in [7, 11) is 1.39. The van der Waals surface area contributed by atoms with Crippen LogP contribution in [0, 0.1) is 5.92 Å². The van der Waals surface area contributed by atoms with E-state index in [0.717, 1.165) is 25.3 Å². The summed E-state index contributed by atoms with van der Waals surface area (Å²) in [6.07, 6.45) is 2.48. The molecule has 1 unspecified atom stereocenters. The third-order valence-corrected chi connectivity index (χ3v) is 3.40. The second kappa shape index (κ2) is 7.26. The monoisotopic (exact) mass is 263 g/mol. The van der Waals surface area contributed by atoms with Gasteiger partial charge in [0.2, 0.25) is 0 Å². The van der Waals surface area contributed by atoms with Gasteiger partial charge in [-0.1, -0.05) is 12.1 Å². The van der Waals surface area contributed by atoms with Crippen molar-refractivity contribution < 1.29 is 14.3 Å². The van der Waals surface area contributed by atoms with E-state index in [-0.39, 0.29) is 5.97 Å². The van der Waals surface area contributed by atoms with Gasteiger partial charge in [0.05, 0.1) is 25.9 Å². The molecule has 1 aromatic carbocycles. The van der Waals surface area contributed by atoms with Gasteiger partial charge in [-0.2, -0.15) is 0 Å². The molecule has 1 saturated heterocycles. The number of rotatable bonds is 5. The third-order valence-electron chi connectivity index (χ3n) is 3.40. The number of ether oxygens (including phenoxy) is 2. The molecular weight excluding hydrogens is 242 g/mol. The van der Waals surface area contributed by atoms with Crippen LogP contribution in [0.2, 0.25) is 0 Å². The summed E-state index contributed by atoms with van der Waals surface area (Å²) in [5.74, 6) is 0.323. The van der Waals surface area contributed by atoms with Crippen molar-refractivity contribution >= 4 is 5.97 Å². The molecule has 0 aliphatic carbocycles. The lowest BCUT2D eigenvalue weighted by molar-refractivity contribution is 0.0600. The molecule has 1 heterocycles. The molecule has 1 N–H and O–H groups in total. The fraction of sp³-hybridized carbons (Fsp3) is 0.533. The first-order valence-corrected chi connectivity index (χ1v) is 6.75. The van der Waals surface area contributed by atoms with Crippen molar-refractivity contribution in [3.8, 4) is 0 Å². The van der Waals surface area contributed by atoms with E-state index in [9.17, 15) is 4.79 Å². The lowest BCUT2D eigenvalue weighted by Gasteiger charge is -2.22. The molecule has 0 spiro atoms. The van der Waals surface area contributed by atoms with Crippen LogP contribution < -0.4 is 5.32 Å². The Labute approximate surface area is 114 Å². The van der Waals surface area contributed by atoms with Crippen molar-refractivity contribution in [1.29, 1.82) is 0 Å². The summed E-state index contributed by atoms with van der Waals surface area (Å²) >= 11 is 0. The highest BCUT2D eigenvalue weighted by Gasteiger charge is 2.12. The summed E-state index contributed by atoms with van der Waals surface area (Å²) in [4.78, 5) is 11.3. The van der Waals surface area contributed by atoms with E-state index in [1.165, 1.54) is 20.0 Å². The van der Waals surface area contributed by atoms with Gasteiger partial charge in [-0.15, -0.1) is 0 Å². The average Bonchev–Trinajstić information content (AvgIpc) is 2.48. The van der Waals surface area contributed by atoms with Crippen LogP contribution in [0.15, 0.2) is 24.3 Å². The van der Waals surface area contributed by atoms with Crippen LogP contribution in [0.4, 0.5) is 0 Å². The Balaban J connectivity index is 1.75. The van der Waals surface area contributed by atoms with E-state index in [1.807, 2.05) is 12.1 Å². The molecule has 0 bridgehead atoms. The topological polar surface area (TPSA) is 47.6 Å². The molecule has 19 heavy (non-hydrogen) atoms. The first-order valence-electron chi connectivity index (χ1n) is 6.75. The lowest BCUT2D eigenvalue weighted by Crippen LogP contribution is -2.32. The Kier molecular flexibility index (Phi) is 5.36. The molecular formula is C15H21NO3. The van der Waals surface area contributed by atoms with Crippen molar-refractivity contribution in [2.45, 2.75) is 19.4 Å². The van der Waals surface area contributed by atoms with E-state index in [1.54, 1.807) is 12.1 Å². The molecule has 1 atom stereocenters. The maximum absolute atomic E-state index is 11.3. The van der Waals surface area contributed by atoms with Crippen LogP contribution in [-0.2, 0) is 16.1 Å². The summed E-state index contributed by atoms with van der Waals surface area (Å²) < 4.78 is 10.4. The summed E-state index contributed by atoms with van der Waals surface area (Å²) in [5, 5.41) is 3.38. The predicted octanol–water partition coefficient (Wildman–Crippen LogP) is 1.99. The zero-order chi connectivity index (χ0) is 13.5. The van der Waals surface area contributed by atoms with Gasteiger partial charge in [-0.3, -0.25) is 0 Å². The number of carbonyl (C=O) groups is 1. The van der Waals surface area contributed by atoms with E-state index >= 15 is 0 Å². The summed E-state index contributed by atoms with van der Waals surface area (Å²) in [5.41, 5.74) is 1.65. The van der Waals surface area contributed by atoms with E-state index in [2.05, 4.69) is 10.1 Å². The zero-order valence-corrected chi connectivity index (χ0v) is 11.4. The smallest absolute Gasteiger partial charge is 0.337 e. The molecule has 0 amide bonds. The van der Waals surface area contributed by atoms with Gasteiger partial charge in [0.25, 0.3) is 0 Å². The van der Waals surface area contributed by atoms with Crippen molar-refractivity contribution in [3.05, 3.63) is 35.4 Å². The van der Waals surface area contributed by atoms with Crippen molar-refractivity contribution in [3.63, 3.8) is 0 Å². The highest BCUT2D eigenvalue weighted by Crippen LogP contribution is 2.12. The van der Waals surface area contributed by atoms with Crippen molar-refractivity contribution in [1.82, 2.24) is 5.32 Å². The van der Waals surface area contributed by atoms with Gasteiger partial charge < -0.3 is 14.8 Å². The molecule has 4 nitrogen and oxygen atoms in total. The molecule has 4 heteroatoms. The fourth-order valence-corrected chi connectivity index (χ4v) is 2.26. The number of benzene rings is 1. The first kappa shape index (κ1) is 14.0. The van der Waals surface area contributed by atoms with E-state index in [0.29, 0.717) is 18.1 Å².